The number of nitrogens with one attached hydrogen (secondary N) is 1. The van der Waals surface area contributed by atoms with Gasteiger partial charge in [-0.2, -0.15) is 10.4 Å². The molecule has 0 spiro atoms. The average molecular weight is 217 g/mol. The number of piperidine rings is 1. The minimum atomic E-state index is 0.363. The zero-order valence-corrected chi connectivity index (χ0v) is 9.35. The van der Waals surface area contributed by atoms with E-state index < -0.39 is 0 Å². The lowest BCUT2D eigenvalue weighted by Gasteiger charge is -2.30. The van der Waals surface area contributed by atoms with E-state index in [1.165, 1.54) is 12.6 Å². The van der Waals surface area contributed by atoms with Gasteiger partial charge in [-0.1, -0.05) is 0 Å². The van der Waals surface area contributed by atoms with E-state index >= 15 is 0 Å². The summed E-state index contributed by atoms with van der Waals surface area (Å²) in [4.78, 5) is 2.28. The van der Waals surface area contributed by atoms with Crippen LogP contribution in [0.4, 0.5) is 5.82 Å². The van der Waals surface area contributed by atoms with Crippen LogP contribution in [-0.2, 0) is 0 Å². The molecule has 5 heteroatoms. The van der Waals surface area contributed by atoms with Crippen molar-refractivity contribution in [1.82, 2.24) is 15.1 Å². The molecule has 0 radical (unpaired) electrons. The molecule has 1 aliphatic heterocycles. The Labute approximate surface area is 95.1 Å². The van der Waals surface area contributed by atoms with Gasteiger partial charge in [0.1, 0.15) is 6.07 Å². The maximum atomic E-state index is 8.93. The highest BCUT2D eigenvalue weighted by Crippen LogP contribution is 2.15. The molecule has 1 aromatic heterocycles. The van der Waals surface area contributed by atoms with Crippen molar-refractivity contribution in [3.63, 3.8) is 0 Å². The predicted molar refractivity (Wildman–Crippen MR) is 60.9 cm³/mol. The predicted octanol–water partition coefficient (Wildman–Crippen LogP) is 0.854. The molecule has 0 amide bonds. The van der Waals surface area contributed by atoms with Gasteiger partial charge in [-0.05, 0) is 32.5 Å². The summed E-state index contributed by atoms with van der Waals surface area (Å²) >= 11 is 0. The van der Waals surface area contributed by atoms with Crippen molar-refractivity contribution < 1.29 is 0 Å². The van der Waals surface area contributed by atoms with Gasteiger partial charge in [-0.15, -0.1) is 5.10 Å². The zero-order chi connectivity index (χ0) is 11.4. The molecule has 2 rings (SSSR count). The fourth-order valence-corrected chi connectivity index (χ4v) is 2.01. The van der Waals surface area contributed by atoms with Crippen molar-refractivity contribution in [1.29, 1.82) is 5.26 Å². The van der Waals surface area contributed by atoms with Crippen LogP contribution in [0.25, 0.3) is 0 Å². The lowest BCUT2D eigenvalue weighted by molar-refractivity contribution is 0.260. The maximum Gasteiger partial charge on any atom is 0.166 e. The van der Waals surface area contributed by atoms with E-state index in [1.54, 1.807) is 6.07 Å². The Hall–Kier alpha value is -1.67. The number of nitriles is 1. The van der Waals surface area contributed by atoms with Gasteiger partial charge in [0, 0.05) is 12.6 Å². The van der Waals surface area contributed by atoms with E-state index in [1.807, 2.05) is 0 Å². The summed E-state index contributed by atoms with van der Waals surface area (Å²) < 4.78 is 0. The smallest absolute Gasteiger partial charge is 0.166 e. The van der Waals surface area contributed by atoms with Crippen molar-refractivity contribution in [3.8, 4) is 6.07 Å². The number of likely N-dealkylation sites (N-methyl/N-ethyl adjacent to an activating group) is 1. The Morgan fingerprint density at radius 3 is 3.25 bits per heavy atom. The minimum Gasteiger partial charge on any atom is -0.363 e. The summed E-state index contributed by atoms with van der Waals surface area (Å²) in [6, 6.07) is 4.16. The normalized spacial score (nSPS) is 21.4. The standard InChI is InChI=1S/C11H15N5/c1-16-6-2-3-10(8-16)14-11-9(7-12)4-5-13-15-11/h4-5,10H,2-3,6,8H2,1H3,(H,14,15). The SMILES string of the molecule is CN1CCCC(Nc2nnccc2C#N)C1. The summed E-state index contributed by atoms with van der Waals surface area (Å²) in [5, 5.41) is 20.0. The van der Waals surface area contributed by atoms with Crippen molar-refractivity contribution in [3.05, 3.63) is 17.8 Å². The zero-order valence-electron chi connectivity index (χ0n) is 9.35. The summed E-state index contributed by atoms with van der Waals surface area (Å²) in [5.41, 5.74) is 0.559. The maximum absolute atomic E-state index is 8.93. The molecule has 0 aromatic carbocycles. The highest BCUT2D eigenvalue weighted by atomic mass is 15.2. The number of aromatic nitrogens is 2. The van der Waals surface area contributed by atoms with Crippen LogP contribution in [0.2, 0.25) is 0 Å². The molecule has 5 nitrogen and oxygen atoms in total. The highest BCUT2D eigenvalue weighted by Gasteiger charge is 2.18. The topological polar surface area (TPSA) is 64.8 Å². The number of anilines is 1. The van der Waals surface area contributed by atoms with Crippen molar-refractivity contribution in [2.24, 2.45) is 0 Å². The fraction of sp³-hybridized carbons (Fsp3) is 0.545. The van der Waals surface area contributed by atoms with E-state index in [2.05, 4.69) is 33.5 Å². The minimum absolute atomic E-state index is 0.363. The lowest BCUT2D eigenvalue weighted by atomic mass is 10.1. The van der Waals surface area contributed by atoms with Crippen LogP contribution in [0.15, 0.2) is 12.3 Å². The third-order valence-electron chi connectivity index (χ3n) is 2.81. The van der Waals surface area contributed by atoms with Gasteiger partial charge >= 0.3 is 0 Å². The molecule has 1 N–H and O–H groups in total. The van der Waals surface area contributed by atoms with E-state index in [0.29, 0.717) is 17.4 Å². The molecule has 0 saturated carbocycles. The molecular weight excluding hydrogens is 202 g/mol. The Morgan fingerprint density at radius 1 is 1.62 bits per heavy atom. The van der Waals surface area contributed by atoms with Crippen LogP contribution in [0.1, 0.15) is 18.4 Å². The summed E-state index contributed by atoms with van der Waals surface area (Å²) in [7, 11) is 2.11. The summed E-state index contributed by atoms with van der Waals surface area (Å²) in [6.07, 6.45) is 3.83. The van der Waals surface area contributed by atoms with Crippen LogP contribution in [0.3, 0.4) is 0 Å². The van der Waals surface area contributed by atoms with E-state index in [-0.39, 0.29) is 0 Å². The van der Waals surface area contributed by atoms with Gasteiger partial charge in [-0.25, -0.2) is 0 Å². The van der Waals surface area contributed by atoms with Crippen molar-refractivity contribution in [2.45, 2.75) is 18.9 Å². The molecule has 1 aromatic rings. The average Bonchev–Trinajstić information content (AvgIpc) is 2.30. The molecule has 84 valence electrons. The van der Waals surface area contributed by atoms with Crippen molar-refractivity contribution >= 4 is 5.82 Å². The van der Waals surface area contributed by atoms with Crippen molar-refractivity contribution in [2.75, 3.05) is 25.5 Å². The molecule has 1 atom stereocenters. The molecule has 16 heavy (non-hydrogen) atoms. The third kappa shape index (κ3) is 2.47. The largest absolute Gasteiger partial charge is 0.363 e. The van der Waals surface area contributed by atoms with E-state index in [9.17, 15) is 0 Å². The Kier molecular flexibility index (Phi) is 3.32. The molecule has 1 aliphatic rings. The van der Waals surface area contributed by atoms with Gasteiger partial charge in [0.05, 0.1) is 11.8 Å². The van der Waals surface area contributed by atoms with Gasteiger partial charge in [0.15, 0.2) is 5.82 Å². The third-order valence-corrected chi connectivity index (χ3v) is 2.81. The first-order chi connectivity index (χ1) is 7.79. The first-order valence-corrected chi connectivity index (χ1v) is 5.46. The number of hydrogen-bond donors (Lipinski definition) is 1. The van der Waals surface area contributed by atoms with Gasteiger partial charge in [-0.3, -0.25) is 0 Å². The van der Waals surface area contributed by atoms with Crippen LogP contribution in [0.5, 0.6) is 0 Å². The van der Waals surface area contributed by atoms with Crippen LogP contribution in [0, 0.1) is 11.3 Å². The first kappa shape index (κ1) is 10.8. The molecule has 1 unspecified atom stereocenters. The molecule has 1 fully saturated rings. The first-order valence-electron chi connectivity index (χ1n) is 5.46. The van der Waals surface area contributed by atoms with E-state index in [4.69, 9.17) is 5.26 Å². The Bertz CT molecular complexity index is 398. The van der Waals surface area contributed by atoms with Gasteiger partial charge in [0.25, 0.3) is 0 Å². The number of nitrogens with zero attached hydrogens (tertiary/aromatic N) is 4. The highest BCUT2D eigenvalue weighted by molar-refractivity contribution is 5.50. The second kappa shape index (κ2) is 4.90. The second-order valence-electron chi connectivity index (χ2n) is 4.15. The van der Waals surface area contributed by atoms with Gasteiger partial charge < -0.3 is 10.2 Å². The molecule has 0 aliphatic carbocycles. The fourth-order valence-electron chi connectivity index (χ4n) is 2.01. The Morgan fingerprint density at radius 2 is 2.50 bits per heavy atom. The number of likely N-dealkylation sites (tertiary alicyclic amines) is 1. The van der Waals surface area contributed by atoms with Gasteiger partial charge in [0.2, 0.25) is 0 Å². The van der Waals surface area contributed by atoms with Crippen LogP contribution < -0.4 is 5.32 Å². The summed E-state index contributed by atoms with van der Waals surface area (Å²) in [5.74, 6) is 0.602. The number of hydrogen-bond acceptors (Lipinski definition) is 5. The quantitative estimate of drug-likeness (QED) is 0.795. The molecular formula is C11H15N5. The lowest BCUT2D eigenvalue weighted by Crippen LogP contribution is -2.40. The second-order valence-corrected chi connectivity index (χ2v) is 4.15. The Balaban J connectivity index is 2.06. The summed E-state index contributed by atoms with van der Waals surface area (Å²) in [6.45, 7) is 2.13. The van der Waals surface area contributed by atoms with Crippen LogP contribution in [-0.4, -0.2) is 41.3 Å². The van der Waals surface area contributed by atoms with Crippen LogP contribution >= 0.6 is 0 Å². The van der Waals surface area contributed by atoms with E-state index in [0.717, 1.165) is 19.5 Å². The molecule has 2 heterocycles. The monoisotopic (exact) mass is 217 g/mol. The molecule has 0 bridgehead atoms. The number of rotatable bonds is 2. The molecule has 1 saturated heterocycles.